The summed E-state index contributed by atoms with van der Waals surface area (Å²) in [6, 6.07) is 26.8. The van der Waals surface area contributed by atoms with E-state index in [9.17, 15) is 18.0 Å². The van der Waals surface area contributed by atoms with Crippen LogP contribution in [0.4, 0.5) is 5.69 Å². The molecule has 11 heteroatoms. The first-order valence-corrected chi connectivity index (χ1v) is 17.6. The molecule has 2 amide bonds. The molecule has 4 aromatic carbocycles. The van der Waals surface area contributed by atoms with Crippen LogP contribution in [0.2, 0.25) is 0 Å². The number of nitrogens with zero attached hydrogens (tertiary/aromatic N) is 2. The predicted molar refractivity (Wildman–Crippen MR) is 191 cm³/mol. The standard InChI is InChI=1S/C38H45N3O7S/c1-6-7-22-39-38(43)34(24-29-12-9-8-10-13-29)40(26-30-14-11-15-32(23-30)46-3)37(42)27-41(31-18-21-35(47-4)36(25-31)48-5)49(44,45)33-19-16-28(2)17-20-33/h8-21,23,25,34H,6-7,22,24,26-27H2,1-5H3,(H,39,43). The molecule has 0 heterocycles. The van der Waals surface area contributed by atoms with Crippen molar-refractivity contribution in [3.8, 4) is 17.2 Å². The van der Waals surface area contributed by atoms with Crippen molar-refractivity contribution in [3.63, 3.8) is 0 Å². The van der Waals surface area contributed by atoms with Gasteiger partial charge in [-0.15, -0.1) is 0 Å². The molecule has 0 radical (unpaired) electrons. The number of aryl methyl sites for hydroxylation is 1. The van der Waals surface area contributed by atoms with E-state index in [0.29, 0.717) is 29.4 Å². The SMILES string of the molecule is CCCCNC(=O)C(Cc1ccccc1)N(Cc1cccc(OC)c1)C(=O)CN(c1ccc(OC)c(OC)c1)S(=O)(=O)c1ccc(C)cc1. The Balaban J connectivity index is 1.84. The number of hydrogen-bond donors (Lipinski definition) is 1. The first-order valence-electron chi connectivity index (χ1n) is 16.2. The van der Waals surface area contributed by atoms with Crippen LogP contribution in [0.1, 0.15) is 36.5 Å². The van der Waals surface area contributed by atoms with Gasteiger partial charge in [0, 0.05) is 25.6 Å². The minimum Gasteiger partial charge on any atom is -0.497 e. The van der Waals surface area contributed by atoms with Crippen LogP contribution in [0.15, 0.2) is 102 Å². The second-order valence-corrected chi connectivity index (χ2v) is 13.4. The second-order valence-electron chi connectivity index (χ2n) is 11.6. The smallest absolute Gasteiger partial charge is 0.264 e. The summed E-state index contributed by atoms with van der Waals surface area (Å²) in [5.41, 5.74) is 2.65. The summed E-state index contributed by atoms with van der Waals surface area (Å²) in [6.07, 6.45) is 1.87. The Kier molecular flexibility index (Phi) is 13.1. The third kappa shape index (κ3) is 9.54. The average molecular weight is 688 g/mol. The number of unbranched alkanes of at least 4 members (excludes halogenated alkanes) is 1. The van der Waals surface area contributed by atoms with Crippen LogP contribution >= 0.6 is 0 Å². The molecule has 0 aliphatic carbocycles. The Labute approximate surface area is 289 Å². The van der Waals surface area contributed by atoms with Gasteiger partial charge in [0.1, 0.15) is 18.3 Å². The number of carbonyl (C=O) groups excluding carboxylic acids is 2. The zero-order valence-corrected chi connectivity index (χ0v) is 29.5. The number of carbonyl (C=O) groups is 2. The molecule has 1 unspecified atom stereocenters. The maximum absolute atomic E-state index is 14.7. The van der Waals surface area contributed by atoms with Crippen molar-refractivity contribution >= 4 is 27.5 Å². The highest BCUT2D eigenvalue weighted by Crippen LogP contribution is 2.34. The molecular weight excluding hydrogens is 642 g/mol. The zero-order chi connectivity index (χ0) is 35.4. The van der Waals surface area contributed by atoms with Crippen LogP contribution < -0.4 is 23.8 Å². The lowest BCUT2D eigenvalue weighted by Gasteiger charge is -2.34. The molecule has 0 fully saturated rings. The average Bonchev–Trinajstić information content (AvgIpc) is 3.12. The van der Waals surface area contributed by atoms with Gasteiger partial charge in [-0.05, 0) is 60.9 Å². The monoisotopic (exact) mass is 687 g/mol. The number of ether oxygens (including phenoxy) is 3. The molecule has 1 N–H and O–H groups in total. The molecule has 0 saturated heterocycles. The quantitative estimate of drug-likeness (QED) is 0.140. The van der Waals surface area contributed by atoms with Crippen LogP contribution in [0.3, 0.4) is 0 Å². The van der Waals surface area contributed by atoms with Crippen molar-refractivity contribution in [1.29, 1.82) is 0 Å². The first kappa shape index (κ1) is 36.8. The largest absolute Gasteiger partial charge is 0.497 e. The van der Waals surface area contributed by atoms with Gasteiger partial charge in [0.2, 0.25) is 11.8 Å². The lowest BCUT2D eigenvalue weighted by atomic mass is 10.0. The number of hydrogen-bond acceptors (Lipinski definition) is 7. The maximum Gasteiger partial charge on any atom is 0.264 e. The van der Waals surface area contributed by atoms with Crippen LogP contribution in [-0.4, -0.2) is 65.6 Å². The lowest BCUT2D eigenvalue weighted by molar-refractivity contribution is -0.140. The topological polar surface area (TPSA) is 114 Å². The molecule has 0 bridgehead atoms. The van der Waals surface area contributed by atoms with Gasteiger partial charge in [-0.2, -0.15) is 0 Å². The summed E-state index contributed by atoms with van der Waals surface area (Å²) in [7, 11) is 0.207. The lowest BCUT2D eigenvalue weighted by Crippen LogP contribution is -2.53. The molecule has 0 saturated carbocycles. The molecule has 10 nitrogen and oxygen atoms in total. The number of methoxy groups -OCH3 is 3. The van der Waals surface area contributed by atoms with Crippen molar-refractivity contribution in [2.24, 2.45) is 0 Å². The third-order valence-corrected chi connectivity index (χ3v) is 9.92. The van der Waals surface area contributed by atoms with Gasteiger partial charge in [-0.25, -0.2) is 8.42 Å². The number of sulfonamides is 1. The van der Waals surface area contributed by atoms with Crippen molar-refractivity contribution in [2.45, 2.75) is 50.6 Å². The van der Waals surface area contributed by atoms with E-state index in [0.717, 1.165) is 28.3 Å². The summed E-state index contributed by atoms with van der Waals surface area (Å²) in [5.74, 6) is 0.386. The number of amides is 2. The fraction of sp³-hybridized carbons (Fsp3) is 0.316. The molecule has 0 aromatic heterocycles. The summed E-state index contributed by atoms with van der Waals surface area (Å²) in [5, 5.41) is 3.00. The molecule has 4 rings (SSSR count). The first-order chi connectivity index (χ1) is 23.6. The van der Waals surface area contributed by atoms with E-state index < -0.39 is 28.5 Å². The summed E-state index contributed by atoms with van der Waals surface area (Å²) in [6.45, 7) is 3.77. The van der Waals surface area contributed by atoms with Gasteiger partial charge in [-0.3, -0.25) is 13.9 Å². The second kappa shape index (κ2) is 17.4. The molecule has 0 spiro atoms. The number of rotatable bonds is 17. The van der Waals surface area contributed by atoms with E-state index in [-0.39, 0.29) is 29.5 Å². The normalized spacial score (nSPS) is 11.7. The fourth-order valence-corrected chi connectivity index (χ4v) is 6.78. The Morgan fingerprint density at radius 2 is 1.49 bits per heavy atom. The van der Waals surface area contributed by atoms with Crippen LogP contribution in [0.25, 0.3) is 0 Å². The highest BCUT2D eigenvalue weighted by molar-refractivity contribution is 7.92. The van der Waals surface area contributed by atoms with Crippen molar-refractivity contribution in [1.82, 2.24) is 10.2 Å². The summed E-state index contributed by atoms with van der Waals surface area (Å²) < 4.78 is 46.1. The Morgan fingerprint density at radius 1 is 0.796 bits per heavy atom. The maximum atomic E-state index is 14.7. The molecular formula is C38H45N3O7S. The van der Waals surface area contributed by atoms with Crippen LogP contribution in [0.5, 0.6) is 17.2 Å². The molecule has 49 heavy (non-hydrogen) atoms. The molecule has 1 atom stereocenters. The molecule has 0 aliphatic rings. The van der Waals surface area contributed by atoms with Crippen molar-refractivity contribution in [3.05, 3.63) is 114 Å². The highest BCUT2D eigenvalue weighted by Gasteiger charge is 2.35. The number of nitrogens with one attached hydrogen (secondary N) is 1. The number of benzene rings is 4. The number of anilines is 1. The zero-order valence-electron chi connectivity index (χ0n) is 28.7. The van der Waals surface area contributed by atoms with Crippen molar-refractivity contribution < 1.29 is 32.2 Å². The molecule has 4 aromatic rings. The Bertz CT molecular complexity index is 1800. The van der Waals surface area contributed by atoms with E-state index in [1.165, 1.54) is 37.3 Å². The van der Waals surface area contributed by atoms with Gasteiger partial charge in [0.15, 0.2) is 11.5 Å². The van der Waals surface area contributed by atoms with Gasteiger partial charge < -0.3 is 24.4 Å². The van der Waals surface area contributed by atoms with E-state index in [4.69, 9.17) is 14.2 Å². The van der Waals surface area contributed by atoms with Crippen LogP contribution in [0, 0.1) is 6.92 Å². The molecule has 260 valence electrons. The van der Waals surface area contributed by atoms with Gasteiger partial charge >= 0.3 is 0 Å². The van der Waals surface area contributed by atoms with E-state index in [1.54, 1.807) is 43.5 Å². The Hall–Kier alpha value is -5.03. The van der Waals surface area contributed by atoms with Gasteiger partial charge in [0.25, 0.3) is 10.0 Å². The summed E-state index contributed by atoms with van der Waals surface area (Å²) in [4.78, 5) is 30.1. The van der Waals surface area contributed by atoms with E-state index in [2.05, 4.69) is 5.32 Å². The van der Waals surface area contributed by atoms with Gasteiger partial charge in [-0.1, -0.05) is 73.5 Å². The van der Waals surface area contributed by atoms with E-state index in [1.807, 2.05) is 56.3 Å². The minimum atomic E-state index is -4.28. The van der Waals surface area contributed by atoms with Crippen LogP contribution in [-0.2, 0) is 32.6 Å². The molecule has 0 aliphatic heterocycles. The minimum absolute atomic E-state index is 0.0122. The van der Waals surface area contributed by atoms with Gasteiger partial charge in [0.05, 0.1) is 31.9 Å². The van der Waals surface area contributed by atoms with E-state index >= 15 is 0 Å². The highest BCUT2D eigenvalue weighted by atomic mass is 32.2. The fourth-order valence-electron chi connectivity index (χ4n) is 5.37. The third-order valence-electron chi connectivity index (χ3n) is 8.13. The predicted octanol–water partition coefficient (Wildman–Crippen LogP) is 5.77. The van der Waals surface area contributed by atoms with Crippen molar-refractivity contribution in [2.75, 3.05) is 38.7 Å². The Morgan fingerprint density at radius 3 is 2.14 bits per heavy atom. The summed E-state index contributed by atoms with van der Waals surface area (Å²) >= 11 is 0.